The van der Waals surface area contributed by atoms with Gasteiger partial charge in [0.25, 0.3) is 5.91 Å². The third-order valence-corrected chi connectivity index (χ3v) is 6.17. The van der Waals surface area contributed by atoms with E-state index in [9.17, 15) is 13.2 Å². The maximum Gasteiger partial charge on any atom is 0.261 e. The highest BCUT2D eigenvalue weighted by atomic mass is 32.2. The molecule has 1 atom stereocenters. The van der Waals surface area contributed by atoms with Crippen molar-refractivity contribution in [1.29, 1.82) is 0 Å². The Morgan fingerprint density at radius 3 is 2.84 bits per heavy atom. The van der Waals surface area contributed by atoms with Crippen LogP contribution in [0.3, 0.4) is 0 Å². The smallest absolute Gasteiger partial charge is 0.261 e. The number of fused-ring (bicyclic) bond motifs is 1. The van der Waals surface area contributed by atoms with E-state index >= 15 is 0 Å². The third-order valence-electron chi connectivity index (χ3n) is 4.30. The standard InChI is InChI=1S/C18H22N2O3S2/c1-25(22,23)19-12-11-14-9-10-17(24-14)18(21)20-16-8-4-6-13-5-2-3-7-15(13)16/h2-3,5,7,9-10,16,19H,4,6,8,11-12H2,1H3,(H,20,21). The highest BCUT2D eigenvalue weighted by Crippen LogP contribution is 2.30. The van der Waals surface area contributed by atoms with Crippen molar-refractivity contribution in [1.82, 2.24) is 10.0 Å². The summed E-state index contributed by atoms with van der Waals surface area (Å²) in [7, 11) is -3.18. The Hall–Kier alpha value is -1.70. The number of aryl methyl sites for hydroxylation is 1. The Bertz CT molecular complexity index is 859. The van der Waals surface area contributed by atoms with Gasteiger partial charge < -0.3 is 5.32 Å². The summed E-state index contributed by atoms with van der Waals surface area (Å²) in [6.45, 7) is 0.344. The van der Waals surface area contributed by atoms with E-state index < -0.39 is 10.0 Å². The summed E-state index contributed by atoms with van der Waals surface area (Å²) in [5, 5.41) is 3.15. The summed E-state index contributed by atoms with van der Waals surface area (Å²) in [6, 6.07) is 12.0. The van der Waals surface area contributed by atoms with Crippen LogP contribution in [0, 0.1) is 0 Å². The van der Waals surface area contributed by atoms with Gasteiger partial charge in [-0.15, -0.1) is 11.3 Å². The van der Waals surface area contributed by atoms with Gasteiger partial charge in [0.1, 0.15) is 0 Å². The number of sulfonamides is 1. The molecule has 0 saturated heterocycles. The molecule has 1 aromatic heterocycles. The van der Waals surface area contributed by atoms with Gasteiger partial charge in [-0.3, -0.25) is 4.79 Å². The van der Waals surface area contributed by atoms with Gasteiger partial charge in [-0.05, 0) is 48.9 Å². The van der Waals surface area contributed by atoms with Crippen molar-refractivity contribution in [2.24, 2.45) is 0 Å². The first-order valence-corrected chi connectivity index (χ1v) is 11.1. The molecule has 134 valence electrons. The molecule has 0 bridgehead atoms. The summed E-state index contributed by atoms with van der Waals surface area (Å²) in [5.74, 6) is -0.0611. The van der Waals surface area contributed by atoms with Crippen molar-refractivity contribution in [3.63, 3.8) is 0 Å². The predicted octanol–water partition coefficient (Wildman–Crippen LogP) is 2.65. The van der Waals surface area contributed by atoms with Crippen molar-refractivity contribution in [2.45, 2.75) is 31.7 Å². The summed E-state index contributed by atoms with van der Waals surface area (Å²) in [5.41, 5.74) is 2.54. The van der Waals surface area contributed by atoms with Crippen LogP contribution >= 0.6 is 11.3 Å². The molecule has 0 fully saturated rings. The molecule has 1 aromatic carbocycles. The SMILES string of the molecule is CS(=O)(=O)NCCc1ccc(C(=O)NC2CCCc3ccccc32)s1. The van der Waals surface area contributed by atoms with Gasteiger partial charge in [-0.25, -0.2) is 13.1 Å². The van der Waals surface area contributed by atoms with Gasteiger partial charge in [0.05, 0.1) is 17.2 Å². The molecule has 0 radical (unpaired) electrons. The van der Waals surface area contributed by atoms with Crippen molar-refractivity contribution < 1.29 is 13.2 Å². The summed E-state index contributed by atoms with van der Waals surface area (Å²) >= 11 is 1.41. The highest BCUT2D eigenvalue weighted by molar-refractivity contribution is 7.88. The van der Waals surface area contributed by atoms with Crippen LogP contribution in [0.4, 0.5) is 0 Å². The summed E-state index contributed by atoms with van der Waals surface area (Å²) in [4.78, 5) is 14.2. The normalized spacial score (nSPS) is 17.1. The Morgan fingerprint density at radius 2 is 2.04 bits per heavy atom. The number of hydrogen-bond donors (Lipinski definition) is 2. The molecule has 5 nitrogen and oxygen atoms in total. The second-order valence-electron chi connectivity index (χ2n) is 6.30. The second-order valence-corrected chi connectivity index (χ2v) is 9.30. The van der Waals surface area contributed by atoms with E-state index in [1.807, 2.05) is 24.3 Å². The number of carbonyl (C=O) groups excluding carboxylic acids is 1. The van der Waals surface area contributed by atoms with Crippen molar-refractivity contribution in [3.8, 4) is 0 Å². The lowest BCUT2D eigenvalue weighted by molar-refractivity contribution is 0.0937. The monoisotopic (exact) mass is 378 g/mol. The zero-order chi connectivity index (χ0) is 17.9. The first-order valence-electron chi connectivity index (χ1n) is 8.34. The number of rotatable bonds is 6. The van der Waals surface area contributed by atoms with E-state index in [0.717, 1.165) is 30.4 Å². The minimum absolute atomic E-state index is 0.0611. The molecular formula is C18H22N2O3S2. The van der Waals surface area contributed by atoms with E-state index in [4.69, 9.17) is 0 Å². The molecule has 1 unspecified atom stereocenters. The number of nitrogens with one attached hydrogen (secondary N) is 2. The lowest BCUT2D eigenvalue weighted by Gasteiger charge is -2.26. The van der Waals surface area contributed by atoms with Crippen LogP contribution < -0.4 is 10.0 Å². The van der Waals surface area contributed by atoms with Gasteiger partial charge >= 0.3 is 0 Å². The van der Waals surface area contributed by atoms with E-state index in [-0.39, 0.29) is 11.9 Å². The van der Waals surface area contributed by atoms with Crippen molar-refractivity contribution >= 4 is 27.3 Å². The molecule has 1 aliphatic rings. The lowest BCUT2D eigenvalue weighted by atomic mass is 9.88. The number of hydrogen-bond acceptors (Lipinski definition) is 4. The summed E-state index contributed by atoms with van der Waals surface area (Å²) < 4.78 is 24.6. The predicted molar refractivity (Wildman–Crippen MR) is 100 cm³/mol. The van der Waals surface area contributed by atoms with Crippen molar-refractivity contribution in [3.05, 3.63) is 57.3 Å². The molecule has 2 N–H and O–H groups in total. The number of carbonyl (C=O) groups is 1. The molecule has 2 aromatic rings. The maximum atomic E-state index is 12.6. The van der Waals surface area contributed by atoms with Crippen LogP contribution in [0.5, 0.6) is 0 Å². The van der Waals surface area contributed by atoms with Crippen LogP contribution in [0.1, 0.15) is 44.6 Å². The van der Waals surface area contributed by atoms with Crippen molar-refractivity contribution in [2.75, 3.05) is 12.8 Å². The van der Waals surface area contributed by atoms with E-state index in [0.29, 0.717) is 17.8 Å². The fourth-order valence-corrected chi connectivity index (χ4v) is 4.51. The van der Waals surface area contributed by atoms with Gasteiger partial charge in [-0.1, -0.05) is 24.3 Å². The Balaban J connectivity index is 1.61. The first-order chi connectivity index (χ1) is 11.9. The quantitative estimate of drug-likeness (QED) is 0.811. The Labute approximate surface area is 152 Å². The molecule has 0 spiro atoms. The highest BCUT2D eigenvalue weighted by Gasteiger charge is 2.22. The van der Waals surface area contributed by atoms with Crippen LogP contribution in [-0.2, 0) is 22.9 Å². The molecule has 1 heterocycles. The average Bonchev–Trinajstić information content (AvgIpc) is 3.03. The van der Waals surface area contributed by atoms with Crippen LogP contribution in [0.2, 0.25) is 0 Å². The molecule has 3 rings (SSSR count). The molecular weight excluding hydrogens is 356 g/mol. The topological polar surface area (TPSA) is 75.3 Å². The molecule has 1 amide bonds. The number of thiophene rings is 1. The van der Waals surface area contributed by atoms with E-state index in [1.165, 1.54) is 22.5 Å². The van der Waals surface area contributed by atoms with E-state index in [1.54, 1.807) is 0 Å². The van der Waals surface area contributed by atoms with Gasteiger partial charge in [0.2, 0.25) is 10.0 Å². The lowest BCUT2D eigenvalue weighted by Crippen LogP contribution is -2.30. The molecule has 0 saturated carbocycles. The molecule has 0 aliphatic heterocycles. The van der Waals surface area contributed by atoms with Gasteiger partial charge in [-0.2, -0.15) is 0 Å². The molecule has 25 heavy (non-hydrogen) atoms. The van der Waals surface area contributed by atoms with Crippen LogP contribution in [0.15, 0.2) is 36.4 Å². The van der Waals surface area contributed by atoms with Crippen LogP contribution in [-0.4, -0.2) is 27.1 Å². The zero-order valence-electron chi connectivity index (χ0n) is 14.1. The van der Waals surface area contributed by atoms with Crippen LogP contribution in [0.25, 0.3) is 0 Å². The fraction of sp³-hybridized carbons (Fsp3) is 0.389. The zero-order valence-corrected chi connectivity index (χ0v) is 15.8. The van der Waals surface area contributed by atoms with Gasteiger partial charge in [0, 0.05) is 11.4 Å². The third kappa shape index (κ3) is 4.90. The number of benzene rings is 1. The fourth-order valence-electron chi connectivity index (χ4n) is 3.13. The average molecular weight is 379 g/mol. The summed E-state index contributed by atoms with van der Waals surface area (Å²) in [6.07, 6.45) is 4.83. The molecule has 1 aliphatic carbocycles. The first kappa shape index (κ1) is 18.1. The Morgan fingerprint density at radius 1 is 1.24 bits per heavy atom. The number of amides is 1. The second kappa shape index (κ2) is 7.68. The van der Waals surface area contributed by atoms with E-state index in [2.05, 4.69) is 22.2 Å². The largest absolute Gasteiger partial charge is 0.345 e. The Kier molecular flexibility index (Phi) is 5.56. The minimum Gasteiger partial charge on any atom is -0.345 e. The minimum atomic E-state index is -3.18. The molecule has 7 heteroatoms. The van der Waals surface area contributed by atoms with Gasteiger partial charge in [0.15, 0.2) is 0 Å². The maximum absolute atomic E-state index is 12.6.